The Labute approximate surface area is 123 Å². The molecule has 2 heterocycles. The predicted molar refractivity (Wildman–Crippen MR) is 78.0 cm³/mol. The van der Waals surface area contributed by atoms with Crippen LogP contribution < -0.4 is 5.32 Å². The van der Waals surface area contributed by atoms with Crippen molar-refractivity contribution < 1.29 is 9.53 Å². The molecule has 1 fully saturated rings. The van der Waals surface area contributed by atoms with Crippen molar-refractivity contribution in [3.05, 3.63) is 19.9 Å². The highest BCUT2D eigenvalue weighted by Gasteiger charge is 2.33. The van der Waals surface area contributed by atoms with Crippen LogP contribution in [0.1, 0.15) is 23.2 Å². The SMILES string of the molecule is O=C(NC1(CCl)CCOCC1)c1csc(I)c1. The quantitative estimate of drug-likeness (QED) is 0.642. The van der Waals surface area contributed by atoms with Crippen LogP contribution in [0, 0.1) is 2.88 Å². The van der Waals surface area contributed by atoms with Crippen LogP contribution in [0.25, 0.3) is 0 Å². The van der Waals surface area contributed by atoms with Gasteiger partial charge in [0.1, 0.15) is 0 Å². The summed E-state index contributed by atoms with van der Waals surface area (Å²) in [5.41, 5.74) is 0.417. The molecule has 2 rings (SSSR count). The second-order valence-corrected chi connectivity index (χ2v) is 7.19. The first kappa shape index (κ1) is 13.6. The van der Waals surface area contributed by atoms with Gasteiger partial charge in [0.2, 0.25) is 0 Å². The van der Waals surface area contributed by atoms with Crippen LogP contribution in [0.4, 0.5) is 0 Å². The van der Waals surface area contributed by atoms with Crippen molar-refractivity contribution >= 4 is 51.4 Å². The summed E-state index contributed by atoms with van der Waals surface area (Å²) in [6.45, 7) is 1.32. The number of carbonyl (C=O) groups excluding carboxylic acids is 1. The highest BCUT2D eigenvalue weighted by molar-refractivity contribution is 14.1. The number of nitrogens with one attached hydrogen (secondary N) is 1. The number of hydrogen-bond donors (Lipinski definition) is 1. The van der Waals surface area contributed by atoms with Gasteiger partial charge in [0.15, 0.2) is 0 Å². The summed E-state index contributed by atoms with van der Waals surface area (Å²) >= 11 is 9.78. The molecule has 94 valence electrons. The Bertz CT molecular complexity index is 404. The monoisotopic (exact) mass is 385 g/mol. The molecule has 1 aromatic heterocycles. The maximum absolute atomic E-state index is 12.1. The fraction of sp³-hybridized carbons (Fsp3) is 0.545. The van der Waals surface area contributed by atoms with Crippen LogP contribution in [0.2, 0.25) is 0 Å². The Morgan fingerprint density at radius 3 is 2.82 bits per heavy atom. The second kappa shape index (κ2) is 5.86. The number of rotatable bonds is 3. The molecular weight excluding hydrogens is 373 g/mol. The van der Waals surface area contributed by atoms with Gasteiger partial charge in [0, 0.05) is 24.5 Å². The molecule has 0 saturated carbocycles. The number of hydrogen-bond acceptors (Lipinski definition) is 3. The van der Waals surface area contributed by atoms with Crippen LogP contribution in [0.5, 0.6) is 0 Å². The van der Waals surface area contributed by atoms with Crippen LogP contribution in [-0.2, 0) is 4.74 Å². The smallest absolute Gasteiger partial charge is 0.252 e. The summed E-state index contributed by atoms with van der Waals surface area (Å²) in [7, 11) is 0. The third-order valence-electron chi connectivity index (χ3n) is 2.91. The third kappa shape index (κ3) is 3.33. The molecule has 6 heteroatoms. The maximum atomic E-state index is 12.1. The first-order chi connectivity index (χ1) is 8.15. The lowest BCUT2D eigenvalue weighted by Crippen LogP contribution is -2.53. The van der Waals surface area contributed by atoms with E-state index < -0.39 is 0 Å². The van der Waals surface area contributed by atoms with E-state index in [0.29, 0.717) is 19.1 Å². The van der Waals surface area contributed by atoms with Gasteiger partial charge in [0.25, 0.3) is 5.91 Å². The lowest BCUT2D eigenvalue weighted by Gasteiger charge is -2.36. The van der Waals surface area contributed by atoms with Crippen molar-refractivity contribution in [1.29, 1.82) is 0 Å². The van der Waals surface area contributed by atoms with E-state index in [2.05, 4.69) is 27.9 Å². The first-order valence-corrected chi connectivity index (χ1v) is 7.85. The topological polar surface area (TPSA) is 38.3 Å². The molecule has 0 spiro atoms. The minimum absolute atomic E-state index is 0.0354. The van der Waals surface area contributed by atoms with Crippen LogP contribution in [0.3, 0.4) is 0 Å². The highest BCUT2D eigenvalue weighted by Crippen LogP contribution is 2.24. The van der Waals surface area contributed by atoms with E-state index >= 15 is 0 Å². The Balaban J connectivity index is 2.05. The van der Waals surface area contributed by atoms with Gasteiger partial charge in [0.05, 0.1) is 14.0 Å². The van der Waals surface area contributed by atoms with E-state index in [1.165, 1.54) is 0 Å². The van der Waals surface area contributed by atoms with E-state index in [1.807, 2.05) is 11.4 Å². The van der Waals surface area contributed by atoms with E-state index in [0.717, 1.165) is 21.3 Å². The molecule has 1 N–H and O–H groups in total. The molecule has 0 atom stereocenters. The average Bonchev–Trinajstić information content (AvgIpc) is 2.77. The molecular formula is C11H13ClINO2S. The lowest BCUT2D eigenvalue weighted by atomic mass is 9.92. The van der Waals surface area contributed by atoms with E-state index in [9.17, 15) is 4.79 Å². The van der Waals surface area contributed by atoms with Crippen LogP contribution in [-0.4, -0.2) is 30.5 Å². The van der Waals surface area contributed by atoms with Gasteiger partial charge in [-0.15, -0.1) is 22.9 Å². The van der Waals surface area contributed by atoms with E-state index in [1.54, 1.807) is 11.3 Å². The molecule has 0 bridgehead atoms. The molecule has 1 amide bonds. The molecule has 0 unspecified atom stereocenters. The number of ether oxygens (including phenoxy) is 1. The van der Waals surface area contributed by atoms with Crippen molar-refractivity contribution in [3.8, 4) is 0 Å². The largest absolute Gasteiger partial charge is 0.381 e. The van der Waals surface area contributed by atoms with Crippen molar-refractivity contribution in [1.82, 2.24) is 5.32 Å². The molecule has 3 nitrogen and oxygen atoms in total. The summed E-state index contributed by atoms with van der Waals surface area (Å²) in [4.78, 5) is 12.1. The van der Waals surface area contributed by atoms with E-state index in [4.69, 9.17) is 16.3 Å². The summed E-state index contributed by atoms with van der Waals surface area (Å²) < 4.78 is 6.42. The average molecular weight is 386 g/mol. The molecule has 0 aliphatic carbocycles. The molecule has 0 aromatic carbocycles. The van der Waals surface area contributed by atoms with Crippen LogP contribution in [0.15, 0.2) is 11.4 Å². The molecule has 1 aromatic rings. The van der Waals surface area contributed by atoms with Crippen molar-refractivity contribution in [2.45, 2.75) is 18.4 Å². The molecule has 17 heavy (non-hydrogen) atoms. The zero-order chi connectivity index (χ0) is 12.3. The fourth-order valence-corrected chi connectivity index (χ4v) is 3.46. The first-order valence-electron chi connectivity index (χ1n) is 5.35. The number of carbonyl (C=O) groups is 1. The van der Waals surface area contributed by atoms with Crippen LogP contribution >= 0.6 is 45.5 Å². The highest BCUT2D eigenvalue weighted by atomic mass is 127. The number of thiophene rings is 1. The van der Waals surface area contributed by atoms with Gasteiger partial charge >= 0.3 is 0 Å². The summed E-state index contributed by atoms with van der Waals surface area (Å²) in [6.07, 6.45) is 1.56. The van der Waals surface area contributed by atoms with Gasteiger partial charge < -0.3 is 10.1 Å². The molecule has 1 aliphatic heterocycles. The van der Waals surface area contributed by atoms with Gasteiger partial charge in [-0.1, -0.05) is 0 Å². The number of amides is 1. The maximum Gasteiger partial charge on any atom is 0.252 e. The Morgan fingerprint density at radius 1 is 1.59 bits per heavy atom. The van der Waals surface area contributed by atoms with Crippen molar-refractivity contribution in [3.63, 3.8) is 0 Å². The number of alkyl halides is 1. The van der Waals surface area contributed by atoms with Gasteiger partial charge in [-0.25, -0.2) is 0 Å². The minimum Gasteiger partial charge on any atom is -0.381 e. The van der Waals surface area contributed by atoms with Gasteiger partial charge in [-0.3, -0.25) is 4.79 Å². The van der Waals surface area contributed by atoms with Gasteiger partial charge in [-0.2, -0.15) is 0 Å². The van der Waals surface area contributed by atoms with E-state index in [-0.39, 0.29) is 11.4 Å². The molecule has 0 radical (unpaired) electrons. The number of halogens is 2. The standard InChI is InChI=1S/C11H13ClINO2S/c12-7-11(1-3-16-4-2-11)14-10(15)8-5-9(13)17-6-8/h5-6H,1-4,7H2,(H,14,15). The normalized spacial score (nSPS) is 18.9. The Morgan fingerprint density at radius 2 is 2.29 bits per heavy atom. The predicted octanol–water partition coefficient (Wildman–Crippen LogP) is 2.87. The Kier molecular flexibility index (Phi) is 4.68. The lowest BCUT2D eigenvalue weighted by molar-refractivity contribution is 0.0434. The fourth-order valence-electron chi connectivity index (χ4n) is 1.80. The molecule has 1 aliphatic rings. The third-order valence-corrected chi connectivity index (χ3v) is 5.21. The Hall–Kier alpha value is 0.150. The summed E-state index contributed by atoms with van der Waals surface area (Å²) in [5.74, 6) is 0.398. The van der Waals surface area contributed by atoms with Gasteiger partial charge in [-0.05, 0) is 41.5 Å². The minimum atomic E-state index is -0.301. The summed E-state index contributed by atoms with van der Waals surface area (Å²) in [6, 6.07) is 1.89. The van der Waals surface area contributed by atoms with Crippen molar-refractivity contribution in [2.75, 3.05) is 19.1 Å². The molecule has 1 saturated heterocycles. The van der Waals surface area contributed by atoms with Crippen molar-refractivity contribution in [2.24, 2.45) is 0 Å². The second-order valence-electron chi connectivity index (χ2n) is 4.12. The zero-order valence-electron chi connectivity index (χ0n) is 9.17. The summed E-state index contributed by atoms with van der Waals surface area (Å²) in [5, 5.41) is 4.94. The zero-order valence-corrected chi connectivity index (χ0v) is 12.9.